The fourth-order valence-electron chi connectivity index (χ4n) is 0.543. The molecule has 0 unspecified atom stereocenters. The fraction of sp³-hybridized carbons (Fsp3) is 0.250. The lowest BCUT2D eigenvalue weighted by molar-refractivity contribution is 0.399. The van der Waals surface area contributed by atoms with Crippen LogP contribution in [0.1, 0.15) is 5.76 Å². The lowest BCUT2D eigenvalue weighted by atomic mass is 10.5. The number of nitrogens with zero attached hydrogens (tertiary/aromatic N) is 1. The van der Waals surface area contributed by atoms with E-state index in [0.29, 0.717) is 5.76 Å². The Balaban J connectivity index is 2.81. The third-order valence-electron chi connectivity index (χ3n) is 0.858. The summed E-state index contributed by atoms with van der Waals surface area (Å²) in [6.07, 6.45) is 0. The standard InChI is InChI=1S/C4H6N2O4S/c1-3-2-4(5-10-3)6-11(7,8)9/h2H,1H3,(H,5,6)(H,7,8,9)/p-1. The Bertz CT molecular complexity index is 341. The van der Waals surface area contributed by atoms with Crippen LogP contribution in [0, 0.1) is 6.92 Å². The number of anilines is 1. The molecule has 1 aromatic heterocycles. The molecule has 7 heteroatoms. The van der Waals surface area contributed by atoms with Crippen molar-refractivity contribution in [3.8, 4) is 0 Å². The maximum absolute atomic E-state index is 10.1. The van der Waals surface area contributed by atoms with E-state index < -0.39 is 10.3 Å². The Morgan fingerprint density at radius 1 is 1.73 bits per heavy atom. The van der Waals surface area contributed by atoms with Crippen LogP contribution in [0.5, 0.6) is 0 Å². The normalized spacial score (nSPS) is 11.5. The average Bonchev–Trinajstić information content (AvgIpc) is 2.10. The molecule has 0 atom stereocenters. The third kappa shape index (κ3) is 2.56. The van der Waals surface area contributed by atoms with E-state index in [4.69, 9.17) is 0 Å². The van der Waals surface area contributed by atoms with E-state index in [1.54, 1.807) is 11.6 Å². The summed E-state index contributed by atoms with van der Waals surface area (Å²) >= 11 is 0. The molecule has 0 saturated carbocycles. The third-order valence-corrected chi connectivity index (χ3v) is 1.32. The average molecular weight is 177 g/mol. The first-order chi connectivity index (χ1) is 4.97. The molecule has 0 aromatic carbocycles. The van der Waals surface area contributed by atoms with Gasteiger partial charge in [-0.2, -0.15) is 0 Å². The summed E-state index contributed by atoms with van der Waals surface area (Å²) in [5, 5.41) is 3.24. The van der Waals surface area contributed by atoms with Gasteiger partial charge in [0.1, 0.15) is 5.76 Å². The monoisotopic (exact) mass is 177 g/mol. The SMILES string of the molecule is Cc1cc(NS(=O)(=O)[O-])no1. The van der Waals surface area contributed by atoms with E-state index in [9.17, 15) is 13.0 Å². The first kappa shape index (κ1) is 8.02. The molecule has 0 fully saturated rings. The Morgan fingerprint density at radius 3 is 2.73 bits per heavy atom. The van der Waals surface area contributed by atoms with Crippen LogP contribution in [0.4, 0.5) is 5.82 Å². The second-order valence-corrected chi connectivity index (χ2v) is 2.99. The van der Waals surface area contributed by atoms with Gasteiger partial charge in [-0.25, -0.2) is 8.42 Å². The number of hydrogen-bond acceptors (Lipinski definition) is 5. The van der Waals surface area contributed by atoms with Gasteiger partial charge in [0, 0.05) is 6.07 Å². The van der Waals surface area contributed by atoms with Crippen molar-refractivity contribution < 1.29 is 17.5 Å². The van der Waals surface area contributed by atoms with Crippen LogP contribution in [-0.2, 0) is 10.3 Å². The van der Waals surface area contributed by atoms with Crippen LogP contribution in [0.3, 0.4) is 0 Å². The van der Waals surface area contributed by atoms with Crippen LogP contribution in [0.25, 0.3) is 0 Å². The quantitative estimate of drug-likeness (QED) is 0.634. The van der Waals surface area contributed by atoms with Crippen molar-refractivity contribution in [1.82, 2.24) is 5.16 Å². The second kappa shape index (κ2) is 2.51. The van der Waals surface area contributed by atoms with Crippen molar-refractivity contribution in [2.45, 2.75) is 6.92 Å². The zero-order valence-electron chi connectivity index (χ0n) is 5.57. The number of hydrogen-bond donors (Lipinski definition) is 1. The van der Waals surface area contributed by atoms with Gasteiger partial charge >= 0.3 is 0 Å². The minimum absolute atomic E-state index is 0.0995. The molecule has 1 heterocycles. The van der Waals surface area contributed by atoms with Gasteiger partial charge in [0.2, 0.25) is 0 Å². The molecule has 0 saturated heterocycles. The molecule has 0 radical (unpaired) electrons. The van der Waals surface area contributed by atoms with Gasteiger partial charge < -0.3 is 9.08 Å². The number of aromatic nitrogens is 1. The van der Waals surface area contributed by atoms with E-state index in [2.05, 4.69) is 9.68 Å². The topological polar surface area (TPSA) is 95.3 Å². The van der Waals surface area contributed by atoms with Crippen molar-refractivity contribution in [2.75, 3.05) is 4.72 Å². The van der Waals surface area contributed by atoms with E-state index in [0.717, 1.165) is 0 Å². The summed E-state index contributed by atoms with van der Waals surface area (Å²) in [4.78, 5) is 0. The molecule has 0 spiro atoms. The Hall–Kier alpha value is -1.08. The summed E-state index contributed by atoms with van der Waals surface area (Å²) in [5.41, 5.74) is 0. The summed E-state index contributed by atoms with van der Waals surface area (Å²) in [6, 6.07) is 1.30. The van der Waals surface area contributed by atoms with Gasteiger partial charge in [-0.05, 0) is 6.92 Å². The minimum Gasteiger partial charge on any atom is -0.731 e. The molecule has 11 heavy (non-hydrogen) atoms. The highest BCUT2D eigenvalue weighted by Crippen LogP contribution is 2.07. The summed E-state index contributed by atoms with van der Waals surface area (Å²) < 4.78 is 36.3. The van der Waals surface area contributed by atoms with Gasteiger partial charge in [0.15, 0.2) is 16.1 Å². The highest BCUT2D eigenvalue weighted by Gasteiger charge is 2.00. The summed E-state index contributed by atoms with van der Waals surface area (Å²) in [5.74, 6) is 0.327. The molecule has 0 aliphatic heterocycles. The molecule has 1 N–H and O–H groups in total. The van der Waals surface area contributed by atoms with E-state index in [-0.39, 0.29) is 5.82 Å². The molecule has 0 aliphatic carbocycles. The van der Waals surface area contributed by atoms with Crippen molar-refractivity contribution in [1.29, 1.82) is 0 Å². The van der Waals surface area contributed by atoms with Crippen molar-refractivity contribution in [3.63, 3.8) is 0 Å². The largest absolute Gasteiger partial charge is 0.731 e. The molecule has 0 aliphatic rings. The highest BCUT2D eigenvalue weighted by atomic mass is 32.2. The van der Waals surface area contributed by atoms with Crippen LogP contribution in [0.2, 0.25) is 0 Å². The number of nitrogens with one attached hydrogen (secondary N) is 1. The zero-order chi connectivity index (χ0) is 8.48. The Morgan fingerprint density at radius 2 is 2.36 bits per heavy atom. The predicted octanol–water partition coefficient (Wildman–Crippen LogP) is -0.145. The van der Waals surface area contributed by atoms with Gasteiger partial charge in [0.25, 0.3) is 0 Å². The molecule has 0 amide bonds. The Kier molecular flexibility index (Phi) is 1.83. The van der Waals surface area contributed by atoms with Crippen LogP contribution in [0.15, 0.2) is 10.6 Å². The summed E-state index contributed by atoms with van der Waals surface area (Å²) in [6.45, 7) is 1.58. The fourth-order valence-corrected chi connectivity index (χ4v) is 0.895. The molecule has 1 rings (SSSR count). The van der Waals surface area contributed by atoms with Crippen molar-refractivity contribution in [3.05, 3.63) is 11.8 Å². The molecule has 62 valence electrons. The lowest BCUT2D eigenvalue weighted by Gasteiger charge is -2.04. The summed E-state index contributed by atoms with van der Waals surface area (Å²) in [7, 11) is -4.49. The number of aryl methyl sites for hydroxylation is 1. The maximum atomic E-state index is 10.1. The molecule has 6 nitrogen and oxygen atoms in total. The van der Waals surface area contributed by atoms with Crippen LogP contribution in [-0.4, -0.2) is 18.1 Å². The zero-order valence-corrected chi connectivity index (χ0v) is 6.38. The van der Waals surface area contributed by atoms with Crippen molar-refractivity contribution in [2.24, 2.45) is 0 Å². The second-order valence-electron chi connectivity index (χ2n) is 1.88. The van der Waals surface area contributed by atoms with Gasteiger partial charge in [-0.1, -0.05) is 5.16 Å². The first-order valence-corrected chi connectivity index (χ1v) is 4.05. The lowest BCUT2D eigenvalue weighted by Crippen LogP contribution is -2.10. The maximum Gasteiger partial charge on any atom is 0.183 e. The Labute approximate surface area is 63.1 Å². The molecular weight excluding hydrogens is 172 g/mol. The molecule has 1 aromatic rings. The van der Waals surface area contributed by atoms with Gasteiger partial charge in [0.05, 0.1) is 0 Å². The predicted molar refractivity (Wildman–Crippen MR) is 34.6 cm³/mol. The molecular formula is C4H5N2O4S-. The van der Waals surface area contributed by atoms with E-state index >= 15 is 0 Å². The minimum atomic E-state index is -4.49. The van der Waals surface area contributed by atoms with E-state index in [1.165, 1.54) is 6.07 Å². The number of rotatable bonds is 2. The highest BCUT2D eigenvalue weighted by molar-refractivity contribution is 7.87. The van der Waals surface area contributed by atoms with Gasteiger partial charge in [-0.3, -0.25) is 4.72 Å². The molecule has 0 bridgehead atoms. The smallest absolute Gasteiger partial charge is 0.183 e. The van der Waals surface area contributed by atoms with Crippen molar-refractivity contribution >= 4 is 16.1 Å². The van der Waals surface area contributed by atoms with E-state index in [1.807, 2.05) is 0 Å². The first-order valence-electron chi connectivity index (χ1n) is 2.64. The van der Waals surface area contributed by atoms with Gasteiger partial charge in [-0.15, -0.1) is 0 Å². The van der Waals surface area contributed by atoms with Crippen LogP contribution >= 0.6 is 0 Å². The van der Waals surface area contributed by atoms with Crippen LogP contribution < -0.4 is 4.72 Å².